The van der Waals surface area contributed by atoms with Crippen molar-refractivity contribution in [2.24, 2.45) is 0 Å². The molecule has 0 amide bonds. The van der Waals surface area contributed by atoms with Gasteiger partial charge in [-0.05, 0) is 60.4 Å². The molecule has 1 unspecified atom stereocenters. The Labute approximate surface area is 130 Å². The summed E-state index contributed by atoms with van der Waals surface area (Å²) in [4.78, 5) is 3.57. The van der Waals surface area contributed by atoms with Crippen molar-refractivity contribution >= 4 is 16.6 Å². The third-order valence-corrected chi connectivity index (χ3v) is 5.39. The van der Waals surface area contributed by atoms with Gasteiger partial charge < -0.3 is 10.3 Å². The first-order chi connectivity index (χ1) is 10.9. The van der Waals surface area contributed by atoms with E-state index in [1.807, 2.05) is 0 Å². The SMILES string of the molecule is c1ccc2c(c1)CCC(c1c[nH]c3c4c(ccc13)CCC4)N2. The Morgan fingerprint density at radius 2 is 1.86 bits per heavy atom. The fourth-order valence-corrected chi connectivity index (χ4v) is 4.26. The van der Waals surface area contributed by atoms with Crippen molar-refractivity contribution < 1.29 is 0 Å². The molecule has 110 valence electrons. The highest BCUT2D eigenvalue weighted by Crippen LogP contribution is 2.38. The van der Waals surface area contributed by atoms with Crippen LogP contribution in [0.5, 0.6) is 0 Å². The van der Waals surface area contributed by atoms with Gasteiger partial charge in [-0.15, -0.1) is 0 Å². The van der Waals surface area contributed by atoms with Crippen LogP contribution >= 0.6 is 0 Å². The Morgan fingerprint density at radius 3 is 2.86 bits per heavy atom. The summed E-state index contributed by atoms with van der Waals surface area (Å²) < 4.78 is 0. The van der Waals surface area contributed by atoms with Crippen molar-refractivity contribution in [3.8, 4) is 0 Å². The Bertz CT molecular complexity index is 859. The second-order valence-electron chi connectivity index (χ2n) is 6.62. The molecule has 3 aromatic rings. The van der Waals surface area contributed by atoms with Crippen molar-refractivity contribution in [2.75, 3.05) is 5.32 Å². The van der Waals surface area contributed by atoms with Crippen molar-refractivity contribution in [1.82, 2.24) is 4.98 Å². The molecule has 0 fully saturated rings. The van der Waals surface area contributed by atoms with Gasteiger partial charge in [-0.3, -0.25) is 0 Å². The first-order valence-electron chi connectivity index (χ1n) is 8.36. The second kappa shape index (κ2) is 4.64. The number of fused-ring (bicyclic) bond motifs is 4. The number of hydrogen-bond donors (Lipinski definition) is 2. The molecule has 2 aromatic carbocycles. The van der Waals surface area contributed by atoms with Crippen LogP contribution in [-0.4, -0.2) is 4.98 Å². The third kappa shape index (κ3) is 1.73. The summed E-state index contributed by atoms with van der Waals surface area (Å²) in [5, 5.41) is 5.15. The molecule has 5 rings (SSSR count). The third-order valence-electron chi connectivity index (χ3n) is 5.39. The molecule has 1 aromatic heterocycles. The minimum Gasteiger partial charge on any atom is -0.378 e. The molecule has 0 saturated carbocycles. The van der Waals surface area contributed by atoms with Crippen LogP contribution < -0.4 is 5.32 Å². The zero-order valence-corrected chi connectivity index (χ0v) is 12.7. The van der Waals surface area contributed by atoms with Gasteiger partial charge in [-0.2, -0.15) is 0 Å². The first kappa shape index (κ1) is 12.3. The van der Waals surface area contributed by atoms with Crippen LogP contribution in [0.3, 0.4) is 0 Å². The highest BCUT2D eigenvalue weighted by atomic mass is 14.9. The van der Waals surface area contributed by atoms with Gasteiger partial charge in [0, 0.05) is 22.8 Å². The molecule has 2 heteroatoms. The largest absolute Gasteiger partial charge is 0.378 e. The number of aromatic amines is 1. The lowest BCUT2D eigenvalue weighted by Crippen LogP contribution is -2.17. The Kier molecular flexibility index (Phi) is 2.60. The molecule has 2 aliphatic rings. The van der Waals surface area contributed by atoms with Gasteiger partial charge in [0.05, 0.1) is 6.04 Å². The van der Waals surface area contributed by atoms with Crippen molar-refractivity contribution in [3.63, 3.8) is 0 Å². The minimum absolute atomic E-state index is 0.420. The number of aromatic nitrogens is 1. The van der Waals surface area contributed by atoms with Gasteiger partial charge in [-0.1, -0.05) is 30.3 Å². The predicted octanol–water partition coefficient (Wildman–Crippen LogP) is 4.76. The lowest BCUT2D eigenvalue weighted by molar-refractivity contribution is 0.672. The van der Waals surface area contributed by atoms with E-state index in [1.54, 1.807) is 11.1 Å². The smallest absolute Gasteiger partial charge is 0.0538 e. The van der Waals surface area contributed by atoms with Crippen LogP contribution in [-0.2, 0) is 19.3 Å². The summed E-state index contributed by atoms with van der Waals surface area (Å²) in [6, 6.07) is 13.8. The molecule has 22 heavy (non-hydrogen) atoms. The van der Waals surface area contributed by atoms with Crippen LogP contribution in [0.2, 0.25) is 0 Å². The summed E-state index contributed by atoms with van der Waals surface area (Å²) in [6.45, 7) is 0. The number of aryl methyl sites for hydroxylation is 3. The number of rotatable bonds is 1. The van der Waals surface area contributed by atoms with Gasteiger partial charge in [0.25, 0.3) is 0 Å². The minimum atomic E-state index is 0.420. The van der Waals surface area contributed by atoms with Crippen LogP contribution in [0.15, 0.2) is 42.6 Å². The lowest BCUT2D eigenvalue weighted by Gasteiger charge is -2.27. The average molecular weight is 288 g/mol. The van der Waals surface area contributed by atoms with E-state index < -0.39 is 0 Å². The molecule has 0 saturated heterocycles. The Balaban J connectivity index is 1.58. The molecular weight excluding hydrogens is 268 g/mol. The summed E-state index contributed by atoms with van der Waals surface area (Å²) >= 11 is 0. The van der Waals surface area contributed by atoms with E-state index in [0.29, 0.717) is 6.04 Å². The molecule has 1 atom stereocenters. The van der Waals surface area contributed by atoms with Crippen LogP contribution in [0.4, 0.5) is 5.69 Å². The predicted molar refractivity (Wildman–Crippen MR) is 91.5 cm³/mol. The molecule has 2 N–H and O–H groups in total. The molecular formula is C20H20N2. The van der Waals surface area contributed by atoms with E-state index in [1.165, 1.54) is 53.4 Å². The molecule has 0 radical (unpaired) electrons. The maximum absolute atomic E-state index is 3.74. The van der Waals surface area contributed by atoms with Crippen molar-refractivity contribution in [3.05, 3.63) is 64.8 Å². The Hall–Kier alpha value is -2.22. The van der Waals surface area contributed by atoms with Crippen LogP contribution in [0, 0.1) is 0 Å². The Morgan fingerprint density at radius 1 is 0.909 bits per heavy atom. The summed E-state index contributed by atoms with van der Waals surface area (Å²) in [5.74, 6) is 0. The number of anilines is 1. The number of hydrogen-bond acceptors (Lipinski definition) is 1. The van der Waals surface area contributed by atoms with E-state index in [4.69, 9.17) is 0 Å². The zero-order chi connectivity index (χ0) is 14.5. The quantitative estimate of drug-likeness (QED) is 0.664. The van der Waals surface area contributed by atoms with E-state index in [9.17, 15) is 0 Å². The van der Waals surface area contributed by atoms with E-state index in [0.717, 1.165) is 6.42 Å². The second-order valence-corrected chi connectivity index (χ2v) is 6.62. The van der Waals surface area contributed by atoms with Gasteiger partial charge in [0.1, 0.15) is 0 Å². The van der Waals surface area contributed by atoms with Crippen molar-refractivity contribution in [1.29, 1.82) is 0 Å². The first-order valence-corrected chi connectivity index (χ1v) is 8.36. The van der Waals surface area contributed by atoms with E-state index >= 15 is 0 Å². The standard InChI is InChI=1S/C20H20N2/c1-2-7-18-14(4-1)9-11-19(22-18)17-12-21-20-15-6-3-5-13(15)8-10-16(17)20/h1-2,4,7-8,10,12,19,21-22H,3,5-6,9,11H2. The topological polar surface area (TPSA) is 27.8 Å². The fourth-order valence-electron chi connectivity index (χ4n) is 4.26. The monoisotopic (exact) mass is 288 g/mol. The molecule has 2 nitrogen and oxygen atoms in total. The van der Waals surface area contributed by atoms with E-state index in [-0.39, 0.29) is 0 Å². The average Bonchev–Trinajstić information content (AvgIpc) is 3.20. The number of nitrogens with one attached hydrogen (secondary N) is 2. The van der Waals surface area contributed by atoms with Gasteiger partial charge in [0.15, 0.2) is 0 Å². The number of H-pyrrole nitrogens is 1. The van der Waals surface area contributed by atoms with Gasteiger partial charge in [0.2, 0.25) is 0 Å². The van der Waals surface area contributed by atoms with Crippen molar-refractivity contribution in [2.45, 2.75) is 38.1 Å². The van der Waals surface area contributed by atoms with Gasteiger partial charge >= 0.3 is 0 Å². The highest BCUT2D eigenvalue weighted by molar-refractivity contribution is 5.88. The maximum Gasteiger partial charge on any atom is 0.0538 e. The molecule has 1 aliphatic carbocycles. The van der Waals surface area contributed by atoms with Gasteiger partial charge in [-0.25, -0.2) is 0 Å². The molecule has 2 heterocycles. The highest BCUT2D eigenvalue weighted by Gasteiger charge is 2.23. The normalized spacial score (nSPS) is 19.7. The fraction of sp³-hybridized carbons (Fsp3) is 0.300. The number of para-hydroxylation sites is 1. The molecule has 0 bridgehead atoms. The lowest BCUT2D eigenvalue weighted by atomic mass is 9.92. The summed E-state index contributed by atoms with van der Waals surface area (Å²) in [5.41, 5.74) is 8.65. The zero-order valence-electron chi connectivity index (χ0n) is 12.7. The van der Waals surface area contributed by atoms with E-state index in [2.05, 4.69) is 52.9 Å². The molecule has 0 spiro atoms. The maximum atomic E-state index is 3.74. The number of benzene rings is 2. The van der Waals surface area contributed by atoms with Crippen LogP contribution in [0.1, 0.15) is 41.1 Å². The summed E-state index contributed by atoms with van der Waals surface area (Å²) in [7, 11) is 0. The van der Waals surface area contributed by atoms with Crippen LogP contribution in [0.25, 0.3) is 10.9 Å². The summed E-state index contributed by atoms with van der Waals surface area (Å²) in [6.07, 6.45) is 8.33. The molecule has 1 aliphatic heterocycles.